The largest absolute Gasteiger partial charge is 0.352 e. The molecule has 1 saturated carbocycles. The molecule has 1 aliphatic carbocycles. The lowest BCUT2D eigenvalue weighted by atomic mass is 9.85. The van der Waals surface area contributed by atoms with E-state index in [9.17, 15) is 4.79 Å². The zero-order chi connectivity index (χ0) is 17.5. The van der Waals surface area contributed by atoms with Gasteiger partial charge in [0.2, 0.25) is 5.91 Å². The standard InChI is InChI=1S/C21H33N3O.2ClH/c22-20-10-6-9-19(14-20)21(25)23-15-17-7-5-8-18(13-17)16-24-11-3-1-2-4-12-24;;/h5,7-8,13,19-20H,1-4,6,9-12,14-16,22H2,(H,23,25);2*1H. The van der Waals surface area contributed by atoms with Crippen LogP contribution in [0.25, 0.3) is 0 Å². The molecule has 2 atom stereocenters. The second-order valence-electron chi connectivity index (χ2n) is 7.85. The van der Waals surface area contributed by atoms with Crippen LogP contribution in [0.2, 0.25) is 0 Å². The molecule has 27 heavy (non-hydrogen) atoms. The fourth-order valence-corrected chi connectivity index (χ4v) is 4.19. The zero-order valence-corrected chi connectivity index (χ0v) is 17.8. The maximum atomic E-state index is 12.4. The summed E-state index contributed by atoms with van der Waals surface area (Å²) in [6.07, 6.45) is 9.32. The molecule has 0 aromatic heterocycles. The van der Waals surface area contributed by atoms with Crippen molar-refractivity contribution >= 4 is 30.7 Å². The summed E-state index contributed by atoms with van der Waals surface area (Å²) < 4.78 is 0. The molecule has 154 valence electrons. The quantitative estimate of drug-likeness (QED) is 0.762. The zero-order valence-electron chi connectivity index (χ0n) is 16.2. The van der Waals surface area contributed by atoms with Crippen LogP contribution in [0.4, 0.5) is 0 Å². The van der Waals surface area contributed by atoms with Crippen LogP contribution < -0.4 is 11.1 Å². The van der Waals surface area contributed by atoms with Gasteiger partial charge in [0.05, 0.1) is 0 Å². The Hall–Kier alpha value is -0.810. The minimum atomic E-state index is 0. The van der Waals surface area contributed by atoms with Crippen molar-refractivity contribution in [2.75, 3.05) is 13.1 Å². The number of amides is 1. The maximum absolute atomic E-state index is 12.4. The van der Waals surface area contributed by atoms with E-state index in [-0.39, 0.29) is 42.7 Å². The number of nitrogens with two attached hydrogens (primary N) is 1. The highest BCUT2D eigenvalue weighted by Gasteiger charge is 2.24. The van der Waals surface area contributed by atoms with Gasteiger partial charge in [0.15, 0.2) is 0 Å². The van der Waals surface area contributed by atoms with Crippen LogP contribution in [0.3, 0.4) is 0 Å². The molecular formula is C21H35Cl2N3O. The Kier molecular flexibility index (Phi) is 11.3. The predicted octanol–water partition coefficient (Wildman–Crippen LogP) is 4.04. The van der Waals surface area contributed by atoms with Crippen molar-refractivity contribution < 1.29 is 4.79 Å². The van der Waals surface area contributed by atoms with Crippen LogP contribution in [0.15, 0.2) is 24.3 Å². The fraction of sp³-hybridized carbons (Fsp3) is 0.667. The van der Waals surface area contributed by atoms with Crippen molar-refractivity contribution in [1.82, 2.24) is 10.2 Å². The van der Waals surface area contributed by atoms with E-state index < -0.39 is 0 Å². The SMILES string of the molecule is Cl.Cl.NC1CCCC(C(=O)NCc2cccc(CN3CCCCCC3)c2)C1. The number of carbonyl (C=O) groups is 1. The average Bonchev–Trinajstić information content (AvgIpc) is 2.89. The van der Waals surface area contributed by atoms with E-state index in [0.717, 1.165) is 32.2 Å². The van der Waals surface area contributed by atoms with E-state index in [4.69, 9.17) is 5.73 Å². The maximum Gasteiger partial charge on any atom is 0.223 e. The Morgan fingerprint density at radius 1 is 1.04 bits per heavy atom. The number of likely N-dealkylation sites (tertiary alicyclic amines) is 1. The van der Waals surface area contributed by atoms with Gasteiger partial charge in [0.1, 0.15) is 0 Å². The highest BCUT2D eigenvalue weighted by Crippen LogP contribution is 2.23. The number of benzene rings is 1. The number of carbonyl (C=O) groups excluding carboxylic acids is 1. The second kappa shape index (κ2) is 12.6. The average molecular weight is 416 g/mol. The summed E-state index contributed by atoms with van der Waals surface area (Å²) in [6, 6.07) is 8.87. The Labute approximate surface area is 176 Å². The lowest BCUT2D eigenvalue weighted by Gasteiger charge is -2.25. The molecule has 1 aromatic rings. The third-order valence-corrected chi connectivity index (χ3v) is 5.65. The molecule has 4 nitrogen and oxygen atoms in total. The number of hydrogen-bond acceptors (Lipinski definition) is 3. The van der Waals surface area contributed by atoms with Crippen molar-refractivity contribution in [3.8, 4) is 0 Å². The van der Waals surface area contributed by atoms with Crippen molar-refractivity contribution in [2.45, 2.75) is 70.5 Å². The predicted molar refractivity (Wildman–Crippen MR) is 116 cm³/mol. The summed E-state index contributed by atoms with van der Waals surface area (Å²) in [5.41, 5.74) is 8.56. The van der Waals surface area contributed by atoms with E-state index in [2.05, 4.69) is 34.5 Å². The number of rotatable bonds is 5. The molecule has 1 heterocycles. The van der Waals surface area contributed by atoms with Gasteiger partial charge in [-0.05, 0) is 56.3 Å². The lowest BCUT2D eigenvalue weighted by Crippen LogP contribution is -2.37. The molecule has 0 spiro atoms. The monoisotopic (exact) mass is 415 g/mol. The molecule has 0 radical (unpaired) electrons. The van der Waals surface area contributed by atoms with Crippen LogP contribution in [0, 0.1) is 5.92 Å². The summed E-state index contributed by atoms with van der Waals surface area (Å²) in [5.74, 6) is 0.275. The van der Waals surface area contributed by atoms with Crippen molar-refractivity contribution in [1.29, 1.82) is 0 Å². The molecular weight excluding hydrogens is 381 g/mol. The van der Waals surface area contributed by atoms with Gasteiger partial charge in [-0.3, -0.25) is 9.69 Å². The first-order valence-corrected chi connectivity index (χ1v) is 10.0. The number of hydrogen-bond donors (Lipinski definition) is 2. The smallest absolute Gasteiger partial charge is 0.223 e. The molecule has 6 heteroatoms. The van der Waals surface area contributed by atoms with Gasteiger partial charge >= 0.3 is 0 Å². The normalized spacial score (nSPS) is 23.4. The van der Waals surface area contributed by atoms with Gasteiger partial charge in [0, 0.05) is 25.0 Å². The van der Waals surface area contributed by atoms with E-state index in [1.165, 1.54) is 49.9 Å². The second-order valence-corrected chi connectivity index (χ2v) is 7.85. The summed E-state index contributed by atoms with van der Waals surface area (Å²) in [4.78, 5) is 14.9. The van der Waals surface area contributed by atoms with Crippen LogP contribution in [-0.4, -0.2) is 29.9 Å². The molecule has 1 amide bonds. The topological polar surface area (TPSA) is 58.4 Å². The molecule has 1 saturated heterocycles. The van der Waals surface area contributed by atoms with Gasteiger partial charge in [-0.1, -0.05) is 43.5 Å². The summed E-state index contributed by atoms with van der Waals surface area (Å²) in [5, 5.41) is 3.12. The number of nitrogens with zero attached hydrogens (tertiary/aromatic N) is 1. The third-order valence-electron chi connectivity index (χ3n) is 5.65. The van der Waals surface area contributed by atoms with Crippen molar-refractivity contribution in [3.05, 3.63) is 35.4 Å². The lowest BCUT2D eigenvalue weighted by molar-refractivity contribution is -0.126. The van der Waals surface area contributed by atoms with E-state index in [0.29, 0.717) is 6.54 Å². The van der Waals surface area contributed by atoms with Gasteiger partial charge < -0.3 is 11.1 Å². The fourth-order valence-electron chi connectivity index (χ4n) is 4.19. The summed E-state index contributed by atoms with van der Waals surface area (Å²) in [7, 11) is 0. The van der Waals surface area contributed by atoms with Gasteiger partial charge in [-0.15, -0.1) is 24.8 Å². The molecule has 1 aliphatic heterocycles. The van der Waals surface area contributed by atoms with Gasteiger partial charge in [-0.2, -0.15) is 0 Å². The third kappa shape index (κ3) is 7.98. The first-order valence-electron chi connectivity index (χ1n) is 10.0. The minimum Gasteiger partial charge on any atom is -0.352 e. The first kappa shape index (κ1) is 24.2. The molecule has 3 rings (SSSR count). The van der Waals surface area contributed by atoms with Crippen LogP contribution in [-0.2, 0) is 17.9 Å². The number of halogens is 2. The Bertz CT molecular complexity index is 562. The van der Waals surface area contributed by atoms with Gasteiger partial charge in [-0.25, -0.2) is 0 Å². The van der Waals surface area contributed by atoms with E-state index in [1.54, 1.807) is 0 Å². The van der Waals surface area contributed by atoms with Crippen LogP contribution >= 0.6 is 24.8 Å². The van der Waals surface area contributed by atoms with Crippen LogP contribution in [0.1, 0.15) is 62.5 Å². The Balaban J connectivity index is 0.00000182. The number of nitrogens with one attached hydrogen (secondary N) is 1. The minimum absolute atomic E-state index is 0. The molecule has 0 bridgehead atoms. The molecule has 2 fully saturated rings. The van der Waals surface area contributed by atoms with Crippen molar-refractivity contribution in [3.63, 3.8) is 0 Å². The summed E-state index contributed by atoms with van der Waals surface area (Å²) >= 11 is 0. The van der Waals surface area contributed by atoms with Crippen LogP contribution in [0.5, 0.6) is 0 Å². The first-order chi connectivity index (χ1) is 12.2. The molecule has 2 unspecified atom stereocenters. The van der Waals surface area contributed by atoms with E-state index >= 15 is 0 Å². The summed E-state index contributed by atoms with van der Waals surface area (Å²) in [6.45, 7) is 4.07. The Morgan fingerprint density at radius 2 is 1.74 bits per heavy atom. The molecule has 1 aromatic carbocycles. The molecule has 2 aliphatic rings. The highest BCUT2D eigenvalue weighted by molar-refractivity contribution is 5.85. The van der Waals surface area contributed by atoms with E-state index in [1.807, 2.05) is 0 Å². The highest BCUT2D eigenvalue weighted by atomic mass is 35.5. The van der Waals surface area contributed by atoms with Crippen molar-refractivity contribution in [2.24, 2.45) is 11.7 Å². The Morgan fingerprint density at radius 3 is 2.44 bits per heavy atom. The molecule has 3 N–H and O–H groups in total. The van der Waals surface area contributed by atoms with Gasteiger partial charge in [0.25, 0.3) is 0 Å².